The summed E-state index contributed by atoms with van der Waals surface area (Å²) in [5, 5.41) is 25.0. The van der Waals surface area contributed by atoms with E-state index in [9.17, 15) is 15.0 Å². The second kappa shape index (κ2) is 14.2. The lowest BCUT2D eigenvalue weighted by molar-refractivity contribution is -0.246. The van der Waals surface area contributed by atoms with E-state index in [1.54, 1.807) is 0 Å². The molecule has 1 aromatic rings. The van der Waals surface area contributed by atoms with Gasteiger partial charge in [0, 0.05) is 31.1 Å². The number of phenols is 2. The zero-order chi connectivity index (χ0) is 25.0. The van der Waals surface area contributed by atoms with Gasteiger partial charge in [-0.25, -0.2) is 0 Å². The molecule has 0 radical (unpaired) electrons. The van der Waals surface area contributed by atoms with E-state index in [-0.39, 0.29) is 47.3 Å². The lowest BCUT2D eigenvalue weighted by atomic mass is 10.0. The second-order valence-corrected chi connectivity index (χ2v) is 9.51. The van der Waals surface area contributed by atoms with Crippen molar-refractivity contribution in [2.75, 3.05) is 19.7 Å². The fourth-order valence-electron chi connectivity index (χ4n) is 4.30. The fraction of sp³-hybridized carbons (Fsp3) is 0.615. The van der Waals surface area contributed by atoms with Crippen LogP contribution in [-0.2, 0) is 20.9 Å². The molecular weight excluding hydrogens is 472 g/mol. The summed E-state index contributed by atoms with van der Waals surface area (Å²) in [4.78, 5) is 31.0. The highest BCUT2D eigenvalue weighted by Gasteiger charge is 2.23. The number of piperidine rings is 1. The highest BCUT2D eigenvalue weighted by molar-refractivity contribution is 6.33. The van der Waals surface area contributed by atoms with Crippen LogP contribution in [0.5, 0.6) is 17.2 Å². The quantitative estimate of drug-likeness (QED) is 0.301. The number of likely N-dealkylation sites (tertiary alicyclic amines) is 1. The number of rotatable bonds is 5. The Hall–Kier alpha value is -2.45. The van der Waals surface area contributed by atoms with Gasteiger partial charge in [-0.15, -0.1) is 0 Å². The first-order valence-electron chi connectivity index (χ1n) is 12.7. The molecule has 0 saturated carbocycles. The third-order valence-corrected chi connectivity index (χ3v) is 6.69. The highest BCUT2D eigenvalue weighted by atomic mass is 35.5. The molecule has 35 heavy (non-hydrogen) atoms. The average Bonchev–Trinajstić information content (AvgIpc) is 2.85. The molecule has 1 atom stereocenters. The number of phenolic OH excluding ortho intramolecular Hbond substituents is 2. The molecule has 2 aliphatic rings. The van der Waals surface area contributed by atoms with E-state index in [1.165, 1.54) is 0 Å². The lowest BCUT2D eigenvalue weighted by Crippen LogP contribution is -2.37. The Labute approximate surface area is 212 Å². The molecule has 8 nitrogen and oxygen atoms in total. The molecule has 1 unspecified atom stereocenters. The molecule has 0 aromatic heterocycles. The summed E-state index contributed by atoms with van der Waals surface area (Å²) in [6.07, 6.45) is 13.2. The monoisotopic (exact) mass is 508 g/mol. The Morgan fingerprint density at radius 1 is 1.17 bits per heavy atom. The first-order chi connectivity index (χ1) is 17.0. The molecular formula is C26H37ClN2O6. The van der Waals surface area contributed by atoms with Crippen molar-refractivity contribution in [3.63, 3.8) is 0 Å². The van der Waals surface area contributed by atoms with Crippen LogP contribution in [0.25, 0.3) is 0 Å². The van der Waals surface area contributed by atoms with Gasteiger partial charge in [-0.3, -0.25) is 4.79 Å². The molecule has 1 aromatic carbocycles. The van der Waals surface area contributed by atoms with Gasteiger partial charge in [-0.1, -0.05) is 42.3 Å². The molecule has 194 valence electrons. The number of hydrogen-bond acceptors (Lipinski definition) is 7. The molecule has 0 aliphatic carbocycles. The summed E-state index contributed by atoms with van der Waals surface area (Å²) in [6.45, 7) is 3.45. The van der Waals surface area contributed by atoms with Crippen LogP contribution in [0.2, 0.25) is 5.02 Å². The van der Waals surface area contributed by atoms with Gasteiger partial charge in [0.25, 0.3) is 5.91 Å². The number of carbonyl (C=O) groups excluding carboxylic acids is 1. The summed E-state index contributed by atoms with van der Waals surface area (Å²) in [6, 6.07) is 1.13. The van der Waals surface area contributed by atoms with Crippen LogP contribution in [0.15, 0.2) is 23.4 Å². The molecule has 2 aliphatic heterocycles. The first kappa shape index (κ1) is 27.1. The van der Waals surface area contributed by atoms with Gasteiger partial charge in [-0.2, -0.15) is 4.89 Å². The Morgan fingerprint density at radius 2 is 1.97 bits per heavy atom. The van der Waals surface area contributed by atoms with Gasteiger partial charge in [0.15, 0.2) is 12.4 Å². The van der Waals surface area contributed by atoms with Gasteiger partial charge in [0.05, 0.1) is 10.7 Å². The summed E-state index contributed by atoms with van der Waals surface area (Å²) < 4.78 is 0. The first-order valence-corrected chi connectivity index (χ1v) is 13.0. The van der Waals surface area contributed by atoms with Crippen molar-refractivity contribution in [2.24, 2.45) is 5.16 Å². The Morgan fingerprint density at radius 3 is 2.74 bits per heavy atom. The minimum atomic E-state index is -0.277. The normalized spacial score (nSPS) is 22.1. The predicted octanol–water partition coefficient (Wildman–Crippen LogP) is 5.68. The van der Waals surface area contributed by atoms with E-state index in [1.807, 2.05) is 4.90 Å². The standard InChI is InChI=1S/C26H37ClN2O6/c1-2-11-20-13-8-5-3-4-7-12-19(28-33-18-24(32)29-14-9-6-10-15-29)16-21-25(27)22(30)17-23(31)26(21)35-34-20/h5,8,17,20,30-31H,2-4,6-7,9-16,18H2,1H3/b8-5+,28-19+. The predicted molar refractivity (Wildman–Crippen MR) is 135 cm³/mol. The maximum Gasteiger partial charge on any atom is 0.263 e. The zero-order valence-electron chi connectivity index (χ0n) is 20.5. The Kier molecular flexibility index (Phi) is 11.0. The number of nitrogens with zero attached hydrogens (tertiary/aromatic N) is 2. The number of oxime groups is 1. The van der Waals surface area contributed by atoms with Crippen molar-refractivity contribution < 1.29 is 29.6 Å². The van der Waals surface area contributed by atoms with Crippen molar-refractivity contribution in [2.45, 2.75) is 83.7 Å². The van der Waals surface area contributed by atoms with E-state index in [0.717, 1.165) is 70.5 Å². The van der Waals surface area contributed by atoms with Crippen LogP contribution in [0.4, 0.5) is 0 Å². The number of allylic oxidation sites excluding steroid dienone is 1. The summed E-state index contributed by atoms with van der Waals surface area (Å²) in [5.74, 6) is -0.568. The van der Waals surface area contributed by atoms with Crippen LogP contribution in [-0.4, -0.2) is 52.5 Å². The molecule has 3 rings (SSSR count). The summed E-state index contributed by atoms with van der Waals surface area (Å²) in [5.41, 5.74) is 0.996. The molecule has 0 bridgehead atoms. The van der Waals surface area contributed by atoms with Crippen molar-refractivity contribution in [3.8, 4) is 17.2 Å². The van der Waals surface area contributed by atoms with Crippen molar-refractivity contribution >= 4 is 23.2 Å². The number of hydrogen-bond donors (Lipinski definition) is 2. The summed E-state index contributed by atoms with van der Waals surface area (Å²) >= 11 is 6.42. The van der Waals surface area contributed by atoms with E-state index >= 15 is 0 Å². The van der Waals surface area contributed by atoms with Gasteiger partial charge < -0.3 is 24.8 Å². The molecule has 2 N–H and O–H groups in total. The van der Waals surface area contributed by atoms with E-state index in [4.69, 9.17) is 26.2 Å². The number of halogens is 1. The van der Waals surface area contributed by atoms with E-state index < -0.39 is 0 Å². The average molecular weight is 509 g/mol. The van der Waals surface area contributed by atoms with E-state index in [2.05, 4.69) is 24.2 Å². The minimum absolute atomic E-state index is 0.0482. The van der Waals surface area contributed by atoms with Crippen molar-refractivity contribution in [1.82, 2.24) is 4.90 Å². The zero-order valence-corrected chi connectivity index (χ0v) is 21.3. The van der Waals surface area contributed by atoms with Crippen LogP contribution in [0.3, 0.4) is 0 Å². The molecule has 1 fully saturated rings. The molecule has 9 heteroatoms. The summed E-state index contributed by atoms with van der Waals surface area (Å²) in [7, 11) is 0. The second-order valence-electron chi connectivity index (χ2n) is 9.13. The number of benzene rings is 1. The topological polar surface area (TPSA) is 101 Å². The largest absolute Gasteiger partial charge is 0.506 e. The Balaban J connectivity index is 1.80. The lowest BCUT2D eigenvalue weighted by Gasteiger charge is -2.26. The van der Waals surface area contributed by atoms with Gasteiger partial charge >= 0.3 is 0 Å². The number of aromatic hydroxyl groups is 2. The fourth-order valence-corrected chi connectivity index (χ4v) is 4.51. The minimum Gasteiger partial charge on any atom is -0.506 e. The molecule has 1 amide bonds. The van der Waals surface area contributed by atoms with Crippen LogP contribution in [0.1, 0.15) is 76.7 Å². The van der Waals surface area contributed by atoms with Crippen molar-refractivity contribution in [3.05, 3.63) is 28.8 Å². The van der Waals surface area contributed by atoms with Gasteiger partial charge in [-0.05, 0) is 57.8 Å². The van der Waals surface area contributed by atoms with Crippen LogP contribution in [0, 0.1) is 0 Å². The third kappa shape index (κ3) is 8.32. The SMILES string of the molecule is CCCC1C/C=C/CCCC/C(=N\OCC(=O)N2CCCCC2)Cc2c(Cl)c(O)cc(O)c2OO1. The molecule has 0 spiro atoms. The number of carbonyl (C=O) groups is 1. The smallest absolute Gasteiger partial charge is 0.263 e. The van der Waals surface area contributed by atoms with Gasteiger partial charge in [0.1, 0.15) is 11.9 Å². The van der Waals surface area contributed by atoms with Crippen LogP contribution < -0.4 is 4.89 Å². The number of fused-ring (bicyclic) bond motifs is 1. The number of amides is 1. The van der Waals surface area contributed by atoms with Crippen LogP contribution >= 0.6 is 11.6 Å². The van der Waals surface area contributed by atoms with Gasteiger partial charge in [0.2, 0.25) is 5.75 Å². The molecule has 1 saturated heterocycles. The third-order valence-electron chi connectivity index (χ3n) is 6.27. The van der Waals surface area contributed by atoms with Crippen molar-refractivity contribution in [1.29, 1.82) is 0 Å². The highest BCUT2D eigenvalue weighted by Crippen LogP contribution is 2.42. The molecule has 2 heterocycles. The Bertz CT molecular complexity index is 898. The maximum absolute atomic E-state index is 12.4. The van der Waals surface area contributed by atoms with E-state index in [0.29, 0.717) is 24.1 Å². The maximum atomic E-state index is 12.4.